The first-order valence-electron chi connectivity index (χ1n) is 4.55. The monoisotopic (exact) mass is 226 g/mol. The predicted octanol–water partition coefficient (Wildman–Crippen LogP) is 2.94. The molecule has 0 spiro atoms. The second-order valence-electron chi connectivity index (χ2n) is 3.22. The van der Waals surface area contributed by atoms with Gasteiger partial charge in [0, 0.05) is 5.39 Å². The third-order valence-electron chi connectivity index (χ3n) is 2.27. The van der Waals surface area contributed by atoms with Gasteiger partial charge < -0.3 is 5.73 Å². The summed E-state index contributed by atoms with van der Waals surface area (Å²) >= 11 is 0. The lowest BCUT2D eigenvalue weighted by Crippen LogP contribution is -1.97. The van der Waals surface area contributed by atoms with E-state index >= 15 is 0 Å². The Bertz CT molecular complexity index is 485. The molecule has 15 heavy (non-hydrogen) atoms. The Morgan fingerprint density at radius 3 is 2.73 bits per heavy atom. The van der Waals surface area contributed by atoms with Crippen molar-refractivity contribution >= 4 is 29.1 Å². The number of nitrogens with zero attached hydrogens (tertiary/aromatic N) is 1. The quantitative estimate of drug-likeness (QED) is 0.812. The first-order valence-corrected chi connectivity index (χ1v) is 4.55. The maximum Gasteiger partial charge on any atom is 0.127 e. The van der Waals surface area contributed by atoms with E-state index in [1.807, 2.05) is 13.0 Å². The number of rotatable bonds is 1. The second-order valence-corrected chi connectivity index (χ2v) is 3.22. The highest BCUT2D eigenvalue weighted by atomic mass is 35.5. The van der Waals surface area contributed by atoms with Crippen molar-refractivity contribution in [1.29, 1.82) is 0 Å². The first kappa shape index (κ1) is 11.7. The van der Waals surface area contributed by atoms with Crippen molar-refractivity contribution in [3.8, 4) is 0 Å². The van der Waals surface area contributed by atoms with Gasteiger partial charge in [-0.2, -0.15) is 0 Å². The molecule has 0 atom stereocenters. The average Bonchev–Trinajstić information content (AvgIpc) is 2.17. The molecule has 80 valence electrons. The van der Waals surface area contributed by atoms with E-state index in [9.17, 15) is 4.39 Å². The van der Waals surface area contributed by atoms with Gasteiger partial charge in [0.2, 0.25) is 0 Å². The van der Waals surface area contributed by atoms with Gasteiger partial charge in [-0.15, -0.1) is 12.4 Å². The minimum absolute atomic E-state index is 0. The van der Waals surface area contributed by atoms with Crippen LogP contribution >= 0.6 is 12.4 Å². The third-order valence-corrected chi connectivity index (χ3v) is 2.27. The molecule has 0 aliphatic rings. The Labute approximate surface area is 93.7 Å². The van der Waals surface area contributed by atoms with E-state index in [1.165, 1.54) is 12.1 Å². The van der Waals surface area contributed by atoms with Crippen LogP contribution in [0.4, 0.5) is 10.2 Å². The molecule has 2 aromatic rings. The fourth-order valence-electron chi connectivity index (χ4n) is 1.49. The number of nitrogen functional groups attached to an aromatic ring is 1. The lowest BCUT2D eigenvalue weighted by Gasteiger charge is -2.04. The second kappa shape index (κ2) is 4.45. The Balaban J connectivity index is 0.00000112. The lowest BCUT2D eigenvalue weighted by atomic mass is 10.1. The van der Waals surface area contributed by atoms with Crippen LogP contribution in [0.5, 0.6) is 0 Å². The van der Waals surface area contributed by atoms with E-state index in [4.69, 9.17) is 5.73 Å². The number of benzene rings is 1. The molecule has 2 rings (SSSR count). The van der Waals surface area contributed by atoms with E-state index in [-0.39, 0.29) is 18.2 Å². The van der Waals surface area contributed by atoms with Gasteiger partial charge in [-0.05, 0) is 36.2 Å². The maximum atomic E-state index is 12.9. The molecule has 1 aromatic carbocycles. The number of pyridine rings is 1. The van der Waals surface area contributed by atoms with Gasteiger partial charge >= 0.3 is 0 Å². The molecule has 0 fully saturated rings. The van der Waals surface area contributed by atoms with Crippen molar-refractivity contribution in [3.05, 3.63) is 35.6 Å². The van der Waals surface area contributed by atoms with Gasteiger partial charge in [0.1, 0.15) is 11.6 Å². The van der Waals surface area contributed by atoms with Crippen molar-refractivity contribution in [2.75, 3.05) is 5.73 Å². The lowest BCUT2D eigenvalue weighted by molar-refractivity contribution is 0.629. The van der Waals surface area contributed by atoms with Crippen LogP contribution < -0.4 is 5.73 Å². The fourth-order valence-corrected chi connectivity index (χ4v) is 1.49. The molecule has 0 aliphatic carbocycles. The summed E-state index contributed by atoms with van der Waals surface area (Å²) in [5.74, 6) is 0.290. The highest BCUT2D eigenvalue weighted by molar-refractivity contribution is 5.85. The largest absolute Gasteiger partial charge is 0.383 e. The number of hydrogen-bond acceptors (Lipinski definition) is 2. The summed E-state index contributed by atoms with van der Waals surface area (Å²) in [6.07, 6.45) is 0.811. The zero-order chi connectivity index (χ0) is 10.1. The first-order chi connectivity index (χ1) is 6.70. The fraction of sp³-hybridized carbons (Fsp3) is 0.182. The van der Waals surface area contributed by atoms with E-state index in [1.54, 1.807) is 6.07 Å². The average molecular weight is 227 g/mol. The highest BCUT2D eigenvalue weighted by Gasteiger charge is 2.02. The van der Waals surface area contributed by atoms with Gasteiger partial charge in [0.25, 0.3) is 0 Å². The van der Waals surface area contributed by atoms with Crippen molar-refractivity contribution in [1.82, 2.24) is 4.98 Å². The SMILES string of the molecule is CCc1cc2cc(F)ccc2nc1N.Cl. The number of anilines is 1. The summed E-state index contributed by atoms with van der Waals surface area (Å²) in [5, 5.41) is 0.802. The molecule has 0 bridgehead atoms. The maximum absolute atomic E-state index is 12.9. The van der Waals surface area contributed by atoms with Gasteiger partial charge in [-0.1, -0.05) is 6.92 Å². The predicted molar refractivity (Wildman–Crippen MR) is 62.7 cm³/mol. The summed E-state index contributed by atoms with van der Waals surface area (Å²) in [6, 6.07) is 6.39. The van der Waals surface area contributed by atoms with Crippen LogP contribution in [0.15, 0.2) is 24.3 Å². The van der Waals surface area contributed by atoms with Crippen LogP contribution in [0.1, 0.15) is 12.5 Å². The van der Waals surface area contributed by atoms with Crippen molar-refractivity contribution < 1.29 is 4.39 Å². The molecule has 4 heteroatoms. The van der Waals surface area contributed by atoms with E-state index in [0.717, 1.165) is 22.9 Å². The van der Waals surface area contributed by atoms with Crippen molar-refractivity contribution in [2.45, 2.75) is 13.3 Å². The van der Waals surface area contributed by atoms with Crippen LogP contribution in [0.3, 0.4) is 0 Å². The Morgan fingerprint density at radius 2 is 2.07 bits per heavy atom. The molecule has 1 aromatic heterocycles. The summed E-state index contributed by atoms with van der Waals surface area (Å²) in [7, 11) is 0. The minimum Gasteiger partial charge on any atom is -0.383 e. The number of halogens is 2. The highest BCUT2D eigenvalue weighted by Crippen LogP contribution is 2.19. The summed E-state index contributed by atoms with van der Waals surface area (Å²) in [6.45, 7) is 2.00. The molecule has 0 radical (unpaired) electrons. The Kier molecular flexibility index (Phi) is 3.48. The zero-order valence-corrected chi connectivity index (χ0v) is 9.14. The molecule has 0 saturated carbocycles. The molecular formula is C11H12ClFN2. The van der Waals surface area contributed by atoms with Crippen LogP contribution in [0.2, 0.25) is 0 Å². The summed E-state index contributed by atoms with van der Waals surface area (Å²) < 4.78 is 12.9. The number of nitrogens with two attached hydrogens (primary N) is 1. The van der Waals surface area contributed by atoms with Crippen molar-refractivity contribution in [3.63, 3.8) is 0 Å². The van der Waals surface area contributed by atoms with Crippen LogP contribution in [0, 0.1) is 5.82 Å². The molecule has 2 N–H and O–H groups in total. The van der Waals surface area contributed by atoms with Gasteiger partial charge in [0.15, 0.2) is 0 Å². The number of fused-ring (bicyclic) bond motifs is 1. The number of aryl methyl sites for hydroxylation is 1. The van der Waals surface area contributed by atoms with Gasteiger partial charge in [-0.3, -0.25) is 0 Å². The minimum atomic E-state index is -0.244. The topological polar surface area (TPSA) is 38.9 Å². The number of aromatic nitrogens is 1. The van der Waals surface area contributed by atoms with Crippen LogP contribution in [-0.2, 0) is 6.42 Å². The van der Waals surface area contributed by atoms with Gasteiger partial charge in [0.05, 0.1) is 5.52 Å². The Morgan fingerprint density at radius 1 is 1.33 bits per heavy atom. The van der Waals surface area contributed by atoms with Gasteiger partial charge in [-0.25, -0.2) is 9.37 Å². The zero-order valence-electron chi connectivity index (χ0n) is 8.33. The normalized spacial score (nSPS) is 10.0. The summed E-state index contributed by atoms with van der Waals surface area (Å²) in [4.78, 5) is 4.20. The molecular weight excluding hydrogens is 215 g/mol. The molecule has 0 unspecified atom stereocenters. The van der Waals surface area contributed by atoms with Crippen LogP contribution in [-0.4, -0.2) is 4.98 Å². The van der Waals surface area contributed by atoms with E-state index in [2.05, 4.69) is 4.98 Å². The number of hydrogen-bond donors (Lipinski definition) is 1. The standard InChI is InChI=1S/C11H11FN2.ClH/c1-2-7-5-8-6-9(12)3-4-10(8)14-11(7)13;/h3-6H,2H2,1H3,(H2,13,14);1H. The van der Waals surface area contributed by atoms with E-state index < -0.39 is 0 Å². The smallest absolute Gasteiger partial charge is 0.127 e. The third kappa shape index (κ3) is 2.18. The molecule has 0 saturated heterocycles. The summed E-state index contributed by atoms with van der Waals surface area (Å²) in [5.41, 5.74) is 7.43. The van der Waals surface area contributed by atoms with Crippen molar-refractivity contribution in [2.24, 2.45) is 0 Å². The van der Waals surface area contributed by atoms with Crippen LogP contribution in [0.25, 0.3) is 10.9 Å². The molecule has 0 amide bonds. The molecule has 0 aliphatic heterocycles. The molecule has 1 heterocycles. The van der Waals surface area contributed by atoms with E-state index in [0.29, 0.717) is 5.82 Å². The Hall–Kier alpha value is -1.35. The molecule has 2 nitrogen and oxygen atoms in total.